The average molecular weight is 608 g/mol. The van der Waals surface area contributed by atoms with Crippen molar-refractivity contribution in [3.8, 4) is 0 Å². The molecule has 7 atom stereocenters. The Morgan fingerprint density at radius 3 is 2.33 bits per heavy atom. The van der Waals surface area contributed by atoms with E-state index in [0.29, 0.717) is 19.6 Å². The van der Waals surface area contributed by atoms with Crippen molar-refractivity contribution in [3.05, 3.63) is 60.2 Å². The summed E-state index contributed by atoms with van der Waals surface area (Å²) in [5.41, 5.74) is 0.571. The maximum atomic E-state index is 14.9. The van der Waals surface area contributed by atoms with E-state index in [1.165, 1.54) is 0 Å². The number of hydrogen-bond donors (Lipinski definition) is 1. The van der Waals surface area contributed by atoms with Gasteiger partial charge >= 0.3 is 0 Å². The fraction of sp³-hybridized carbons (Fsp3) is 0.629. The number of carbonyl (C=O) groups excluding carboxylic acids is 3. The Morgan fingerprint density at radius 1 is 1.00 bits per heavy atom. The quantitative estimate of drug-likeness (QED) is 0.425. The number of nitrogens with zero attached hydrogens (tertiary/aromatic N) is 3. The van der Waals surface area contributed by atoms with E-state index in [2.05, 4.69) is 52.8 Å². The van der Waals surface area contributed by atoms with E-state index in [0.717, 1.165) is 18.4 Å². The predicted molar refractivity (Wildman–Crippen MR) is 172 cm³/mol. The summed E-state index contributed by atoms with van der Waals surface area (Å²) in [7, 11) is 0. The third kappa shape index (κ3) is 5.58. The van der Waals surface area contributed by atoms with Gasteiger partial charge in [0, 0.05) is 30.4 Å². The molecule has 4 aliphatic rings. The fourth-order valence-electron chi connectivity index (χ4n) is 8.18. The Labute approximate surface area is 261 Å². The Kier molecular flexibility index (Phi) is 8.69. The van der Waals surface area contributed by atoms with E-state index >= 15 is 0 Å². The molecule has 2 saturated heterocycles. The predicted octanol–water partition coefficient (Wildman–Crippen LogP) is 4.90. The number of carbonyl (C=O) groups is 3. The molecule has 1 spiro atoms. The van der Waals surface area contributed by atoms with E-state index in [-0.39, 0.29) is 40.9 Å². The summed E-state index contributed by atoms with van der Waals surface area (Å²) in [6.45, 7) is 16.0. The van der Waals surface area contributed by atoms with Crippen LogP contribution in [0.3, 0.4) is 0 Å². The summed E-state index contributed by atoms with van der Waals surface area (Å²) in [4.78, 5) is 49.6. The summed E-state index contributed by atoms with van der Waals surface area (Å²) in [6.07, 6.45) is 9.82. The van der Waals surface area contributed by atoms with Crippen LogP contribution in [0.1, 0.15) is 66.9 Å². The van der Waals surface area contributed by atoms with Crippen LogP contribution < -0.4 is 0 Å². The van der Waals surface area contributed by atoms with Crippen LogP contribution in [-0.2, 0) is 20.9 Å². The zero-order chi connectivity index (χ0) is 31.3. The van der Waals surface area contributed by atoms with Crippen molar-refractivity contribution in [2.45, 2.75) is 95.5 Å². The van der Waals surface area contributed by atoms with Gasteiger partial charge in [-0.05, 0) is 37.2 Å². The molecular formula is C35H49N3O4S. The van der Waals surface area contributed by atoms with Gasteiger partial charge in [-0.3, -0.25) is 14.4 Å². The first-order valence-electron chi connectivity index (χ1n) is 15.8. The van der Waals surface area contributed by atoms with Crippen LogP contribution in [0.5, 0.6) is 0 Å². The van der Waals surface area contributed by atoms with Gasteiger partial charge in [0.1, 0.15) is 6.04 Å². The fourth-order valence-corrected chi connectivity index (χ4v) is 10.2. The number of thioether (sulfide) groups is 1. The number of amides is 3. The van der Waals surface area contributed by atoms with Gasteiger partial charge in [0.25, 0.3) is 0 Å². The molecule has 1 N–H and O–H groups in total. The second kappa shape index (κ2) is 11.7. The lowest BCUT2D eigenvalue weighted by Crippen LogP contribution is -2.61. The molecule has 0 saturated carbocycles. The number of aliphatic hydroxyl groups is 1. The van der Waals surface area contributed by atoms with Crippen LogP contribution in [0.15, 0.2) is 54.6 Å². The minimum Gasteiger partial charge on any atom is -0.394 e. The van der Waals surface area contributed by atoms with Crippen molar-refractivity contribution in [3.63, 3.8) is 0 Å². The van der Waals surface area contributed by atoms with Crippen molar-refractivity contribution < 1.29 is 19.5 Å². The summed E-state index contributed by atoms with van der Waals surface area (Å²) in [6, 6.07) is 8.63. The summed E-state index contributed by atoms with van der Waals surface area (Å²) in [5.74, 6) is -1.60. The minimum atomic E-state index is -0.896. The van der Waals surface area contributed by atoms with Gasteiger partial charge in [0.15, 0.2) is 0 Å². The van der Waals surface area contributed by atoms with Crippen LogP contribution in [0.4, 0.5) is 0 Å². The maximum absolute atomic E-state index is 14.9. The summed E-state index contributed by atoms with van der Waals surface area (Å²) in [5, 5.41) is 10.5. The van der Waals surface area contributed by atoms with E-state index < -0.39 is 34.2 Å². The Balaban J connectivity index is 1.60. The molecule has 43 heavy (non-hydrogen) atoms. The molecule has 1 aromatic carbocycles. The van der Waals surface area contributed by atoms with Crippen LogP contribution in [0.2, 0.25) is 0 Å². The molecule has 3 amide bonds. The van der Waals surface area contributed by atoms with Crippen LogP contribution in [-0.4, -0.2) is 84.8 Å². The van der Waals surface area contributed by atoms with Crippen molar-refractivity contribution in [2.75, 3.05) is 19.7 Å². The van der Waals surface area contributed by atoms with E-state index in [1.807, 2.05) is 60.1 Å². The van der Waals surface area contributed by atoms with Gasteiger partial charge in [-0.1, -0.05) is 95.7 Å². The average Bonchev–Trinajstić information content (AvgIpc) is 3.25. The molecule has 0 bridgehead atoms. The standard InChI is InChI=1S/C35H49N3O4S/c1-8-23(2)25(21-39)38-29-32(42)37(34(6,7)22-33(3,4)5)19-13-17-35(29)28(31(38)41)27-26(43-35)16-12-18-36(30(27)40)20-24-14-10-9-11-15-24/h9-17,23,25-29,39H,8,18-22H2,1-7H3/t23-,25-,26+,27-,28-,29?,35-/m0/s1. The highest BCUT2D eigenvalue weighted by Crippen LogP contribution is 2.62. The topological polar surface area (TPSA) is 81.2 Å². The van der Waals surface area contributed by atoms with E-state index in [1.54, 1.807) is 16.7 Å². The molecule has 8 heteroatoms. The monoisotopic (exact) mass is 607 g/mol. The van der Waals surface area contributed by atoms with Crippen LogP contribution in [0, 0.1) is 23.2 Å². The third-order valence-corrected chi connectivity index (χ3v) is 11.7. The molecule has 4 heterocycles. The van der Waals surface area contributed by atoms with Crippen molar-refractivity contribution in [1.29, 1.82) is 0 Å². The molecule has 1 aromatic rings. The number of fused-ring (bicyclic) bond motifs is 2. The first-order chi connectivity index (χ1) is 20.3. The SMILES string of the molecule is CC[C@H](C)[C@H](CO)N1C(=O)[C@@H]2[C@H]3C(=O)N(Cc4ccccc4)CC=C[C@H]3S[C@@]23C=CCN(C(C)(C)CC(C)(C)C)C(=O)C13. The summed E-state index contributed by atoms with van der Waals surface area (Å²) < 4.78 is -0.896. The largest absolute Gasteiger partial charge is 0.394 e. The summed E-state index contributed by atoms with van der Waals surface area (Å²) >= 11 is 1.61. The lowest BCUT2D eigenvalue weighted by Gasteiger charge is -2.46. The molecule has 0 aromatic heterocycles. The zero-order valence-corrected chi connectivity index (χ0v) is 27.6. The Hall–Kier alpha value is -2.58. The first kappa shape index (κ1) is 31.8. The van der Waals surface area contributed by atoms with Gasteiger partial charge < -0.3 is 19.8 Å². The number of rotatable bonds is 8. The molecule has 1 unspecified atom stereocenters. The molecule has 5 rings (SSSR count). The molecule has 0 radical (unpaired) electrons. The smallest absolute Gasteiger partial charge is 0.247 e. The number of likely N-dealkylation sites (tertiary alicyclic amines) is 1. The van der Waals surface area contributed by atoms with Crippen molar-refractivity contribution >= 4 is 29.5 Å². The minimum absolute atomic E-state index is 0.00963. The van der Waals surface area contributed by atoms with Gasteiger partial charge in [-0.2, -0.15) is 0 Å². The lowest BCUT2D eigenvalue weighted by molar-refractivity contribution is -0.150. The maximum Gasteiger partial charge on any atom is 0.247 e. The van der Waals surface area contributed by atoms with Crippen molar-refractivity contribution in [2.24, 2.45) is 23.2 Å². The highest BCUT2D eigenvalue weighted by molar-refractivity contribution is 8.02. The van der Waals surface area contributed by atoms with Crippen LogP contribution in [0.25, 0.3) is 0 Å². The highest BCUT2D eigenvalue weighted by Gasteiger charge is 2.72. The zero-order valence-electron chi connectivity index (χ0n) is 26.8. The molecular weight excluding hydrogens is 558 g/mol. The molecule has 2 fully saturated rings. The lowest BCUT2D eigenvalue weighted by atomic mass is 9.77. The second-order valence-corrected chi connectivity index (χ2v) is 16.2. The number of aliphatic hydroxyl groups excluding tert-OH is 1. The normalized spacial score (nSPS) is 30.6. The van der Waals surface area contributed by atoms with E-state index in [9.17, 15) is 19.5 Å². The van der Waals surface area contributed by atoms with Crippen molar-refractivity contribution in [1.82, 2.24) is 14.7 Å². The Bertz CT molecular complexity index is 1290. The number of benzene rings is 1. The van der Waals surface area contributed by atoms with Gasteiger partial charge in [-0.15, -0.1) is 11.8 Å². The first-order valence-corrected chi connectivity index (χ1v) is 16.7. The molecule has 7 nitrogen and oxygen atoms in total. The highest BCUT2D eigenvalue weighted by atomic mass is 32.2. The molecule has 4 aliphatic heterocycles. The third-order valence-electron chi connectivity index (χ3n) is 9.94. The van der Waals surface area contributed by atoms with Gasteiger partial charge in [-0.25, -0.2) is 0 Å². The second-order valence-electron chi connectivity index (χ2n) is 14.8. The Morgan fingerprint density at radius 2 is 1.70 bits per heavy atom. The van der Waals surface area contributed by atoms with Gasteiger partial charge in [0.05, 0.1) is 29.2 Å². The number of hydrogen-bond acceptors (Lipinski definition) is 5. The molecule has 0 aliphatic carbocycles. The van der Waals surface area contributed by atoms with E-state index in [4.69, 9.17) is 0 Å². The van der Waals surface area contributed by atoms with Crippen LogP contribution >= 0.6 is 11.8 Å². The van der Waals surface area contributed by atoms with Gasteiger partial charge in [0.2, 0.25) is 17.7 Å². The molecule has 234 valence electrons.